The first kappa shape index (κ1) is 26.5. The van der Waals surface area contributed by atoms with Gasteiger partial charge in [0.1, 0.15) is 17.3 Å². The number of carbonyl (C=O) groups is 1. The molecule has 1 unspecified atom stereocenters. The summed E-state index contributed by atoms with van der Waals surface area (Å²) in [5, 5.41) is 9.96. The molecule has 0 radical (unpaired) electrons. The molecule has 1 fully saturated rings. The maximum Gasteiger partial charge on any atom is 0.323 e. The number of aryl methyl sites for hydroxylation is 1. The van der Waals surface area contributed by atoms with Crippen molar-refractivity contribution in [3.63, 3.8) is 0 Å². The largest absolute Gasteiger partial charge is 0.457 e. The van der Waals surface area contributed by atoms with E-state index < -0.39 is 11.8 Å². The van der Waals surface area contributed by atoms with Gasteiger partial charge < -0.3 is 25.2 Å². The standard InChI is InChI=1S/C28H29ClFN7O2/c1-35(2)21-7-9-37(17-21)22-11-19(29)10-20(12-22)33-28(38)34-26-5-4-23(13-25(26)30)39-24-6-8-31-27(14-24)18-15-32-36(3)16-18/h4-6,8,10-16,21H,7,9,17H2,1-3H3,(H2,33,34,38). The first-order chi connectivity index (χ1) is 18.7. The van der Waals surface area contributed by atoms with Gasteiger partial charge in [-0.3, -0.25) is 9.67 Å². The summed E-state index contributed by atoms with van der Waals surface area (Å²) in [7, 11) is 5.96. The van der Waals surface area contributed by atoms with Crippen LogP contribution in [0.15, 0.2) is 67.1 Å². The van der Waals surface area contributed by atoms with Crippen molar-refractivity contribution in [1.29, 1.82) is 0 Å². The Labute approximate surface area is 231 Å². The van der Waals surface area contributed by atoms with Crippen molar-refractivity contribution < 1.29 is 13.9 Å². The second-order valence-corrected chi connectivity index (χ2v) is 10.1. The van der Waals surface area contributed by atoms with E-state index in [4.69, 9.17) is 16.3 Å². The normalized spacial score (nSPS) is 15.0. The number of hydrogen-bond acceptors (Lipinski definition) is 6. The molecule has 2 aromatic heterocycles. The zero-order chi connectivity index (χ0) is 27.5. The fourth-order valence-corrected chi connectivity index (χ4v) is 4.72. The number of ether oxygens (including phenoxy) is 1. The van der Waals surface area contributed by atoms with E-state index in [0.29, 0.717) is 28.2 Å². The second kappa shape index (κ2) is 11.3. The molecule has 3 heterocycles. The lowest BCUT2D eigenvalue weighted by Crippen LogP contribution is -2.31. The van der Waals surface area contributed by atoms with Gasteiger partial charge in [0.25, 0.3) is 0 Å². The number of hydrogen-bond donors (Lipinski definition) is 2. The highest BCUT2D eigenvalue weighted by Crippen LogP contribution is 2.30. The molecular weight excluding hydrogens is 521 g/mol. The van der Waals surface area contributed by atoms with Gasteiger partial charge in [0.15, 0.2) is 0 Å². The molecule has 0 saturated carbocycles. The second-order valence-electron chi connectivity index (χ2n) is 9.65. The maximum absolute atomic E-state index is 14.9. The summed E-state index contributed by atoms with van der Waals surface area (Å²) in [6, 6.07) is 12.9. The summed E-state index contributed by atoms with van der Waals surface area (Å²) in [6.45, 7) is 1.78. The highest BCUT2D eigenvalue weighted by Gasteiger charge is 2.24. The number of aromatic nitrogens is 3. The average Bonchev–Trinajstić information content (AvgIpc) is 3.55. The van der Waals surface area contributed by atoms with Gasteiger partial charge in [-0.25, -0.2) is 9.18 Å². The Balaban J connectivity index is 1.22. The monoisotopic (exact) mass is 549 g/mol. The van der Waals surface area contributed by atoms with Gasteiger partial charge in [-0.05, 0) is 56.9 Å². The van der Waals surface area contributed by atoms with Crippen LogP contribution < -0.4 is 20.3 Å². The number of likely N-dealkylation sites (N-methyl/N-ethyl adjacent to an activating group) is 1. The highest BCUT2D eigenvalue weighted by molar-refractivity contribution is 6.31. The van der Waals surface area contributed by atoms with Crippen LogP contribution in [0, 0.1) is 5.82 Å². The van der Waals surface area contributed by atoms with Crippen LogP contribution in [0.4, 0.5) is 26.2 Å². The summed E-state index contributed by atoms with van der Waals surface area (Å²) >= 11 is 6.33. The van der Waals surface area contributed by atoms with Crippen molar-refractivity contribution in [1.82, 2.24) is 19.7 Å². The molecule has 9 nitrogen and oxygen atoms in total. The van der Waals surface area contributed by atoms with Gasteiger partial charge in [-0.15, -0.1) is 0 Å². The molecule has 2 aromatic carbocycles. The minimum Gasteiger partial charge on any atom is -0.457 e. The Morgan fingerprint density at radius 2 is 1.95 bits per heavy atom. The molecular formula is C28H29ClFN7O2. The van der Waals surface area contributed by atoms with E-state index in [1.165, 1.54) is 12.1 Å². The molecule has 202 valence electrons. The third-order valence-corrected chi connectivity index (χ3v) is 6.77. The quantitative estimate of drug-likeness (QED) is 0.301. The van der Waals surface area contributed by atoms with E-state index in [1.807, 2.05) is 25.4 Å². The number of anilines is 3. The summed E-state index contributed by atoms with van der Waals surface area (Å²) < 4.78 is 22.4. The number of halogens is 2. The highest BCUT2D eigenvalue weighted by atomic mass is 35.5. The van der Waals surface area contributed by atoms with Crippen LogP contribution in [0.25, 0.3) is 11.3 Å². The molecule has 39 heavy (non-hydrogen) atoms. The topological polar surface area (TPSA) is 87.6 Å². The van der Waals surface area contributed by atoms with Gasteiger partial charge in [-0.1, -0.05) is 11.6 Å². The Hall–Kier alpha value is -4.15. The predicted octanol–water partition coefficient (Wildman–Crippen LogP) is 5.85. The zero-order valence-electron chi connectivity index (χ0n) is 21.9. The summed E-state index contributed by atoms with van der Waals surface area (Å²) in [4.78, 5) is 21.4. The summed E-state index contributed by atoms with van der Waals surface area (Å²) in [6.07, 6.45) is 6.21. The molecule has 2 amide bonds. The van der Waals surface area contributed by atoms with E-state index in [1.54, 1.807) is 41.3 Å². The van der Waals surface area contributed by atoms with Crippen LogP contribution in [-0.2, 0) is 7.05 Å². The molecule has 0 spiro atoms. The SMILES string of the molecule is CN(C)C1CCN(c2cc(Cl)cc(NC(=O)Nc3ccc(Oc4ccnc(-c5cnn(C)c5)c4)cc3F)c2)C1. The smallest absolute Gasteiger partial charge is 0.323 e. The van der Waals surface area contributed by atoms with Gasteiger partial charge >= 0.3 is 6.03 Å². The number of nitrogens with zero attached hydrogens (tertiary/aromatic N) is 5. The van der Waals surface area contributed by atoms with Gasteiger partial charge in [-0.2, -0.15) is 5.10 Å². The molecule has 1 saturated heterocycles. The number of amides is 2. The molecule has 4 aromatic rings. The van der Waals surface area contributed by atoms with E-state index in [9.17, 15) is 9.18 Å². The minimum absolute atomic E-state index is 0.0150. The molecule has 1 aliphatic heterocycles. The Kier molecular flexibility index (Phi) is 7.67. The lowest BCUT2D eigenvalue weighted by atomic mass is 10.2. The lowest BCUT2D eigenvalue weighted by Gasteiger charge is -2.22. The van der Waals surface area contributed by atoms with Crippen LogP contribution >= 0.6 is 11.6 Å². The van der Waals surface area contributed by atoms with Crippen LogP contribution in [0.3, 0.4) is 0 Å². The third kappa shape index (κ3) is 6.47. The molecule has 0 aliphatic carbocycles. The Bertz CT molecular complexity index is 1490. The summed E-state index contributed by atoms with van der Waals surface area (Å²) in [5.74, 6) is 0.138. The molecule has 11 heteroatoms. The molecule has 0 bridgehead atoms. The first-order valence-electron chi connectivity index (χ1n) is 12.5. The van der Waals surface area contributed by atoms with Crippen LogP contribution in [0.2, 0.25) is 5.02 Å². The lowest BCUT2D eigenvalue weighted by molar-refractivity contribution is 0.262. The average molecular weight is 550 g/mol. The molecule has 1 aliphatic rings. The fourth-order valence-electron chi connectivity index (χ4n) is 4.49. The first-order valence-corrected chi connectivity index (χ1v) is 12.8. The molecule has 2 N–H and O–H groups in total. The van der Waals surface area contributed by atoms with Crippen LogP contribution in [0.1, 0.15) is 6.42 Å². The Morgan fingerprint density at radius 3 is 2.67 bits per heavy atom. The number of nitrogens with one attached hydrogen (secondary N) is 2. The van der Waals surface area contributed by atoms with Gasteiger partial charge in [0, 0.05) is 72.7 Å². The zero-order valence-corrected chi connectivity index (χ0v) is 22.6. The van der Waals surface area contributed by atoms with Gasteiger partial charge in [0.2, 0.25) is 0 Å². The molecule has 5 rings (SSSR count). The van der Waals surface area contributed by atoms with Crippen molar-refractivity contribution in [2.45, 2.75) is 12.5 Å². The maximum atomic E-state index is 14.9. The number of benzene rings is 2. The van der Waals surface area contributed by atoms with Crippen molar-refractivity contribution in [3.8, 4) is 22.8 Å². The van der Waals surface area contributed by atoms with Gasteiger partial charge in [0.05, 0.1) is 17.6 Å². The molecule has 1 atom stereocenters. The van der Waals surface area contributed by atoms with E-state index >= 15 is 0 Å². The van der Waals surface area contributed by atoms with Crippen molar-refractivity contribution in [2.75, 3.05) is 42.7 Å². The number of rotatable bonds is 7. The Morgan fingerprint density at radius 1 is 1.13 bits per heavy atom. The van der Waals surface area contributed by atoms with E-state index in [2.05, 4.69) is 44.6 Å². The minimum atomic E-state index is -0.636. The van der Waals surface area contributed by atoms with Crippen molar-refractivity contribution >= 4 is 34.7 Å². The fraction of sp³-hybridized carbons (Fsp3) is 0.250. The van der Waals surface area contributed by atoms with Crippen molar-refractivity contribution in [2.24, 2.45) is 7.05 Å². The van der Waals surface area contributed by atoms with E-state index in [0.717, 1.165) is 30.8 Å². The number of pyridine rings is 1. The van der Waals surface area contributed by atoms with Crippen molar-refractivity contribution in [3.05, 3.63) is 78.0 Å². The van der Waals surface area contributed by atoms with E-state index in [-0.39, 0.29) is 11.4 Å². The third-order valence-electron chi connectivity index (χ3n) is 6.56. The van der Waals surface area contributed by atoms with Crippen LogP contribution in [0.5, 0.6) is 11.5 Å². The van der Waals surface area contributed by atoms with Crippen LogP contribution in [-0.4, -0.2) is 58.9 Å². The summed E-state index contributed by atoms with van der Waals surface area (Å²) in [5.41, 5.74) is 2.98. The predicted molar refractivity (Wildman–Crippen MR) is 151 cm³/mol. The number of carbonyl (C=O) groups excluding carboxylic acids is 1. The number of urea groups is 1.